The second kappa shape index (κ2) is 7.80. The van der Waals surface area contributed by atoms with Crippen molar-refractivity contribution in [2.75, 3.05) is 7.05 Å². The molecule has 0 aromatic carbocycles. The predicted octanol–water partition coefficient (Wildman–Crippen LogP) is 1.70. The molecule has 0 unspecified atom stereocenters. The van der Waals surface area contributed by atoms with Gasteiger partial charge < -0.3 is 10.4 Å². The van der Waals surface area contributed by atoms with Gasteiger partial charge in [-0.2, -0.15) is 0 Å². The molecule has 0 aliphatic rings. The van der Waals surface area contributed by atoms with Gasteiger partial charge in [0.25, 0.3) is 0 Å². The molecule has 0 aromatic rings. The molecule has 3 nitrogen and oxygen atoms in total. The summed E-state index contributed by atoms with van der Waals surface area (Å²) in [5.41, 5.74) is 0. The van der Waals surface area contributed by atoms with E-state index in [4.69, 9.17) is 0 Å². The monoisotopic (exact) mass is 201 g/mol. The maximum Gasteiger partial charge on any atom is 0.225 e. The van der Waals surface area contributed by atoms with Gasteiger partial charge in [-0.3, -0.25) is 4.79 Å². The van der Waals surface area contributed by atoms with Crippen molar-refractivity contribution in [1.29, 1.82) is 0 Å². The fourth-order valence-corrected chi connectivity index (χ4v) is 1.58. The molecule has 0 fully saturated rings. The van der Waals surface area contributed by atoms with Gasteiger partial charge in [0.15, 0.2) is 0 Å². The number of carbonyl (C=O) groups excluding carboxylic acids is 1. The minimum Gasteiger partial charge on any atom is -0.392 e. The summed E-state index contributed by atoms with van der Waals surface area (Å²) < 4.78 is 0. The fourth-order valence-electron chi connectivity index (χ4n) is 1.58. The number of nitrogens with one attached hydrogen (secondary N) is 1. The first-order chi connectivity index (χ1) is 6.67. The van der Waals surface area contributed by atoms with Crippen LogP contribution in [0.25, 0.3) is 0 Å². The Bertz CT molecular complexity index is 159. The Labute approximate surface area is 86.9 Å². The molecule has 0 aromatic heterocycles. The number of carbonyl (C=O) groups is 1. The van der Waals surface area contributed by atoms with E-state index in [9.17, 15) is 9.90 Å². The molecule has 0 saturated heterocycles. The van der Waals surface area contributed by atoms with Crippen molar-refractivity contribution in [3.8, 4) is 0 Å². The van der Waals surface area contributed by atoms with Gasteiger partial charge in [-0.15, -0.1) is 0 Å². The summed E-state index contributed by atoms with van der Waals surface area (Å²) in [4.78, 5) is 11.4. The van der Waals surface area contributed by atoms with Gasteiger partial charge in [-0.25, -0.2) is 0 Å². The highest BCUT2D eigenvalue weighted by Crippen LogP contribution is 2.16. The topological polar surface area (TPSA) is 49.3 Å². The van der Waals surface area contributed by atoms with Crippen molar-refractivity contribution >= 4 is 5.91 Å². The molecule has 0 heterocycles. The van der Waals surface area contributed by atoms with Gasteiger partial charge in [0.05, 0.1) is 12.0 Å². The predicted molar refractivity (Wildman–Crippen MR) is 58.0 cm³/mol. The lowest BCUT2D eigenvalue weighted by molar-refractivity contribution is -0.128. The summed E-state index contributed by atoms with van der Waals surface area (Å²) in [6.07, 6.45) is 4.23. The van der Waals surface area contributed by atoms with Crippen LogP contribution in [0.2, 0.25) is 0 Å². The van der Waals surface area contributed by atoms with Gasteiger partial charge in [0.1, 0.15) is 0 Å². The lowest BCUT2D eigenvalue weighted by Crippen LogP contribution is -2.35. The zero-order chi connectivity index (χ0) is 11.0. The van der Waals surface area contributed by atoms with Crippen LogP contribution in [0, 0.1) is 5.92 Å². The molecule has 0 aliphatic heterocycles. The SMILES string of the molecule is CCCCC[C@@H](C(=O)NC)[C@@H](O)CC. The molecule has 1 amide bonds. The molecule has 14 heavy (non-hydrogen) atoms. The van der Waals surface area contributed by atoms with E-state index in [0.717, 1.165) is 25.7 Å². The third-order valence-corrected chi connectivity index (χ3v) is 2.58. The lowest BCUT2D eigenvalue weighted by atomic mass is 9.93. The zero-order valence-electron chi connectivity index (χ0n) is 9.55. The average Bonchev–Trinajstić information content (AvgIpc) is 2.22. The molecule has 0 saturated carbocycles. The summed E-state index contributed by atoms with van der Waals surface area (Å²) in [6, 6.07) is 0. The van der Waals surface area contributed by atoms with Crippen LogP contribution < -0.4 is 5.32 Å². The number of aliphatic hydroxyl groups is 1. The van der Waals surface area contributed by atoms with Crippen molar-refractivity contribution in [2.24, 2.45) is 5.92 Å². The molecule has 3 heteroatoms. The van der Waals surface area contributed by atoms with Crippen LogP contribution in [-0.2, 0) is 4.79 Å². The van der Waals surface area contributed by atoms with E-state index in [0.29, 0.717) is 6.42 Å². The highest BCUT2D eigenvalue weighted by Gasteiger charge is 2.23. The summed E-state index contributed by atoms with van der Waals surface area (Å²) in [7, 11) is 1.62. The summed E-state index contributed by atoms with van der Waals surface area (Å²) in [5, 5.41) is 12.3. The van der Waals surface area contributed by atoms with Gasteiger partial charge in [-0.05, 0) is 12.8 Å². The van der Waals surface area contributed by atoms with Crippen LogP contribution in [0.15, 0.2) is 0 Å². The maximum atomic E-state index is 11.4. The normalized spacial score (nSPS) is 14.9. The number of rotatable bonds is 7. The first kappa shape index (κ1) is 13.4. The Morgan fingerprint density at radius 2 is 2.00 bits per heavy atom. The molecule has 0 rings (SSSR count). The molecule has 0 spiro atoms. The van der Waals surface area contributed by atoms with E-state index >= 15 is 0 Å². The number of hydrogen-bond donors (Lipinski definition) is 2. The van der Waals surface area contributed by atoms with Crippen LogP contribution in [0.4, 0.5) is 0 Å². The van der Waals surface area contributed by atoms with Crippen molar-refractivity contribution in [2.45, 2.75) is 52.1 Å². The quantitative estimate of drug-likeness (QED) is 0.616. The van der Waals surface area contributed by atoms with E-state index in [1.54, 1.807) is 7.05 Å². The molecular weight excluding hydrogens is 178 g/mol. The Hall–Kier alpha value is -0.570. The fraction of sp³-hybridized carbons (Fsp3) is 0.909. The van der Waals surface area contributed by atoms with E-state index in [2.05, 4.69) is 12.2 Å². The first-order valence-electron chi connectivity index (χ1n) is 5.57. The number of unbranched alkanes of at least 4 members (excludes halogenated alkanes) is 2. The van der Waals surface area contributed by atoms with Crippen LogP contribution in [0.1, 0.15) is 46.0 Å². The largest absolute Gasteiger partial charge is 0.392 e. The highest BCUT2D eigenvalue weighted by molar-refractivity contribution is 5.78. The van der Waals surface area contributed by atoms with E-state index in [1.807, 2.05) is 6.92 Å². The molecule has 0 bridgehead atoms. The highest BCUT2D eigenvalue weighted by atomic mass is 16.3. The standard InChI is InChI=1S/C11H23NO2/c1-4-6-7-8-9(10(13)5-2)11(14)12-3/h9-10,13H,4-8H2,1-3H3,(H,12,14)/t9-,10+/m1/s1. The van der Waals surface area contributed by atoms with E-state index in [1.165, 1.54) is 0 Å². The van der Waals surface area contributed by atoms with Crippen LogP contribution >= 0.6 is 0 Å². The second-order valence-corrected chi connectivity index (χ2v) is 3.69. The Kier molecular flexibility index (Phi) is 7.48. The number of hydrogen-bond acceptors (Lipinski definition) is 2. The van der Waals surface area contributed by atoms with Crippen LogP contribution in [-0.4, -0.2) is 24.2 Å². The third-order valence-electron chi connectivity index (χ3n) is 2.58. The first-order valence-corrected chi connectivity index (χ1v) is 5.57. The zero-order valence-corrected chi connectivity index (χ0v) is 9.55. The average molecular weight is 201 g/mol. The maximum absolute atomic E-state index is 11.4. The van der Waals surface area contributed by atoms with E-state index in [-0.39, 0.29) is 11.8 Å². The van der Waals surface area contributed by atoms with Gasteiger partial charge in [0, 0.05) is 7.05 Å². The molecule has 2 atom stereocenters. The third kappa shape index (κ3) is 4.61. The van der Waals surface area contributed by atoms with Crippen molar-refractivity contribution in [1.82, 2.24) is 5.32 Å². The van der Waals surface area contributed by atoms with Gasteiger partial charge >= 0.3 is 0 Å². The molecule has 84 valence electrons. The molecule has 0 radical (unpaired) electrons. The summed E-state index contributed by atoms with van der Waals surface area (Å²) in [6.45, 7) is 4.03. The van der Waals surface area contributed by atoms with Gasteiger partial charge in [0.2, 0.25) is 5.91 Å². The Morgan fingerprint density at radius 3 is 2.43 bits per heavy atom. The van der Waals surface area contributed by atoms with Gasteiger partial charge in [-0.1, -0.05) is 33.1 Å². The van der Waals surface area contributed by atoms with Crippen molar-refractivity contribution < 1.29 is 9.90 Å². The minimum atomic E-state index is -0.494. The Balaban J connectivity index is 4.04. The minimum absolute atomic E-state index is 0.0320. The van der Waals surface area contributed by atoms with Crippen LogP contribution in [0.3, 0.4) is 0 Å². The summed E-state index contributed by atoms with van der Waals surface area (Å²) in [5.74, 6) is -0.257. The number of amides is 1. The van der Waals surface area contributed by atoms with Crippen molar-refractivity contribution in [3.63, 3.8) is 0 Å². The molecule has 0 aliphatic carbocycles. The molecule has 2 N–H and O–H groups in total. The molecular formula is C11H23NO2. The number of aliphatic hydroxyl groups excluding tert-OH is 1. The summed E-state index contributed by atoms with van der Waals surface area (Å²) >= 11 is 0. The lowest BCUT2D eigenvalue weighted by Gasteiger charge is -2.20. The smallest absolute Gasteiger partial charge is 0.225 e. The second-order valence-electron chi connectivity index (χ2n) is 3.69. The van der Waals surface area contributed by atoms with Crippen molar-refractivity contribution in [3.05, 3.63) is 0 Å². The van der Waals surface area contributed by atoms with Crippen LogP contribution in [0.5, 0.6) is 0 Å². The Morgan fingerprint density at radius 1 is 1.36 bits per heavy atom. The van der Waals surface area contributed by atoms with E-state index < -0.39 is 6.10 Å².